The van der Waals surface area contributed by atoms with Crippen molar-refractivity contribution in [2.24, 2.45) is 0 Å². The molecule has 23 heavy (non-hydrogen) atoms. The molecule has 0 unspecified atom stereocenters. The van der Waals surface area contributed by atoms with Gasteiger partial charge in [0.1, 0.15) is 0 Å². The Kier molecular flexibility index (Phi) is 4.25. The molecule has 2 amide bonds. The fraction of sp³-hybridized carbons (Fsp3) is 0.0588. The zero-order chi connectivity index (χ0) is 16.4. The Morgan fingerprint density at radius 2 is 2.04 bits per heavy atom. The standard InChI is InChI=1S/C17H13BN2O2S/c1-2-11-12-8-7-10(9-14(12)19-16(11)21)23-15-6-4-3-5-13(15)17(22)20-18/h2-9H,1H3,(H,19,21)(H,20,22). The summed E-state index contributed by atoms with van der Waals surface area (Å²) in [7, 11) is 5.22. The normalized spacial score (nSPS) is 14.5. The summed E-state index contributed by atoms with van der Waals surface area (Å²) in [6.45, 7) is 1.84. The van der Waals surface area contributed by atoms with Crippen LogP contribution in [-0.2, 0) is 4.79 Å². The zero-order valence-electron chi connectivity index (χ0n) is 12.4. The lowest BCUT2D eigenvalue weighted by Crippen LogP contribution is -2.20. The molecule has 0 saturated carbocycles. The van der Waals surface area contributed by atoms with E-state index >= 15 is 0 Å². The smallest absolute Gasteiger partial charge is 0.256 e. The first-order chi connectivity index (χ1) is 11.1. The molecule has 0 bridgehead atoms. The van der Waals surface area contributed by atoms with E-state index in [-0.39, 0.29) is 11.8 Å². The lowest BCUT2D eigenvalue weighted by Gasteiger charge is -2.09. The van der Waals surface area contributed by atoms with E-state index in [9.17, 15) is 9.59 Å². The monoisotopic (exact) mass is 320 g/mol. The summed E-state index contributed by atoms with van der Waals surface area (Å²) in [6.07, 6.45) is 1.80. The first-order valence-electron chi connectivity index (χ1n) is 7.04. The summed E-state index contributed by atoms with van der Waals surface area (Å²) >= 11 is 1.45. The highest BCUT2D eigenvalue weighted by atomic mass is 32.2. The Morgan fingerprint density at radius 1 is 1.26 bits per heavy atom. The number of anilines is 1. The molecule has 112 valence electrons. The van der Waals surface area contributed by atoms with E-state index in [4.69, 9.17) is 7.98 Å². The Labute approximate surface area is 139 Å². The highest BCUT2D eigenvalue weighted by molar-refractivity contribution is 7.99. The minimum atomic E-state index is -0.334. The second kappa shape index (κ2) is 6.34. The number of allylic oxidation sites excluding steroid dienone is 1. The van der Waals surface area contributed by atoms with Crippen LogP contribution in [0.2, 0.25) is 0 Å². The maximum atomic E-state index is 11.9. The number of amides is 2. The van der Waals surface area contributed by atoms with Crippen molar-refractivity contribution in [3.63, 3.8) is 0 Å². The van der Waals surface area contributed by atoms with Crippen molar-refractivity contribution in [1.82, 2.24) is 5.23 Å². The molecule has 1 aliphatic rings. The molecule has 0 fully saturated rings. The van der Waals surface area contributed by atoms with Crippen LogP contribution >= 0.6 is 11.8 Å². The number of hydrogen-bond acceptors (Lipinski definition) is 3. The molecule has 1 aliphatic heterocycles. The third kappa shape index (κ3) is 2.90. The van der Waals surface area contributed by atoms with Crippen LogP contribution in [0.25, 0.3) is 5.57 Å². The number of hydrogen-bond donors (Lipinski definition) is 2. The third-order valence-electron chi connectivity index (χ3n) is 3.55. The van der Waals surface area contributed by atoms with Crippen LogP contribution in [0.1, 0.15) is 22.8 Å². The van der Waals surface area contributed by atoms with Crippen molar-refractivity contribution in [2.75, 3.05) is 5.32 Å². The molecule has 0 spiro atoms. The Balaban J connectivity index is 1.93. The molecule has 1 heterocycles. The number of benzene rings is 2. The molecule has 2 aromatic carbocycles. The minimum absolute atomic E-state index is 0.0902. The molecule has 2 N–H and O–H groups in total. The molecule has 6 heteroatoms. The van der Waals surface area contributed by atoms with Gasteiger partial charge >= 0.3 is 0 Å². The van der Waals surface area contributed by atoms with Gasteiger partial charge in [0, 0.05) is 20.9 Å². The minimum Gasteiger partial charge on any atom is -0.405 e. The summed E-state index contributed by atoms with van der Waals surface area (Å²) in [6, 6.07) is 13.0. The molecule has 2 radical (unpaired) electrons. The van der Waals surface area contributed by atoms with Crippen LogP contribution in [0.5, 0.6) is 0 Å². The number of carbonyl (C=O) groups excluding carboxylic acids is 2. The van der Waals surface area contributed by atoms with Crippen LogP contribution < -0.4 is 10.5 Å². The van der Waals surface area contributed by atoms with E-state index in [0.717, 1.165) is 21.0 Å². The topological polar surface area (TPSA) is 58.2 Å². The number of rotatable bonds is 3. The summed E-state index contributed by atoms with van der Waals surface area (Å²) < 4.78 is 0. The van der Waals surface area contributed by atoms with E-state index in [1.165, 1.54) is 11.8 Å². The van der Waals surface area contributed by atoms with Crippen molar-refractivity contribution < 1.29 is 9.59 Å². The summed E-state index contributed by atoms with van der Waals surface area (Å²) in [4.78, 5) is 25.4. The van der Waals surface area contributed by atoms with Gasteiger partial charge in [-0.2, -0.15) is 0 Å². The maximum absolute atomic E-state index is 11.9. The molecule has 3 rings (SSSR count). The fourth-order valence-electron chi connectivity index (χ4n) is 2.47. The molecule has 0 atom stereocenters. The van der Waals surface area contributed by atoms with Crippen molar-refractivity contribution in [1.29, 1.82) is 0 Å². The molecule has 4 nitrogen and oxygen atoms in total. The molecular formula is C17H13BN2O2S. The molecular weight excluding hydrogens is 307 g/mol. The van der Waals surface area contributed by atoms with E-state index in [1.807, 2.05) is 37.3 Å². The molecule has 2 aromatic rings. The number of fused-ring (bicyclic) bond motifs is 1. The highest BCUT2D eigenvalue weighted by Crippen LogP contribution is 2.37. The number of nitrogens with one attached hydrogen (secondary N) is 2. The first-order valence-corrected chi connectivity index (χ1v) is 7.85. The van der Waals surface area contributed by atoms with E-state index in [0.29, 0.717) is 11.1 Å². The second-order valence-corrected chi connectivity index (χ2v) is 6.05. The van der Waals surface area contributed by atoms with Gasteiger partial charge in [-0.05, 0) is 31.2 Å². The van der Waals surface area contributed by atoms with Crippen LogP contribution in [0.3, 0.4) is 0 Å². The average Bonchev–Trinajstić information content (AvgIpc) is 2.88. The fourth-order valence-corrected chi connectivity index (χ4v) is 3.46. The Bertz CT molecular complexity index is 833. The van der Waals surface area contributed by atoms with Gasteiger partial charge in [0.25, 0.3) is 5.91 Å². The van der Waals surface area contributed by atoms with Gasteiger partial charge in [-0.1, -0.05) is 36.0 Å². The lowest BCUT2D eigenvalue weighted by atomic mass is 10.1. The van der Waals surface area contributed by atoms with E-state index < -0.39 is 0 Å². The zero-order valence-corrected chi connectivity index (χ0v) is 13.2. The number of carbonyl (C=O) groups is 2. The largest absolute Gasteiger partial charge is 0.405 e. The van der Waals surface area contributed by atoms with Gasteiger partial charge in [-0.25, -0.2) is 0 Å². The Morgan fingerprint density at radius 3 is 2.78 bits per heavy atom. The Hall–Kier alpha value is -2.47. The molecule has 0 saturated heterocycles. The van der Waals surface area contributed by atoms with Crippen LogP contribution in [-0.4, -0.2) is 19.8 Å². The van der Waals surface area contributed by atoms with Gasteiger partial charge in [-0.3, -0.25) is 9.59 Å². The quantitative estimate of drug-likeness (QED) is 0.675. The van der Waals surface area contributed by atoms with Crippen molar-refractivity contribution in [3.8, 4) is 0 Å². The predicted molar refractivity (Wildman–Crippen MR) is 92.5 cm³/mol. The second-order valence-electron chi connectivity index (χ2n) is 4.94. The van der Waals surface area contributed by atoms with Crippen molar-refractivity contribution in [2.45, 2.75) is 16.7 Å². The summed E-state index contributed by atoms with van der Waals surface area (Å²) in [5, 5.41) is 5.00. The highest BCUT2D eigenvalue weighted by Gasteiger charge is 2.23. The van der Waals surface area contributed by atoms with Crippen LogP contribution in [0.4, 0.5) is 5.69 Å². The van der Waals surface area contributed by atoms with E-state index in [2.05, 4.69) is 10.5 Å². The summed E-state index contributed by atoms with van der Waals surface area (Å²) in [5.74, 6) is -0.425. The SMILES string of the molecule is [B]NC(=O)c1ccccc1Sc1ccc2c(c1)NC(=O)C2=CC. The van der Waals surface area contributed by atoms with Gasteiger partial charge in [0.2, 0.25) is 13.9 Å². The predicted octanol–water partition coefficient (Wildman–Crippen LogP) is 3.01. The van der Waals surface area contributed by atoms with Gasteiger partial charge in [0.15, 0.2) is 0 Å². The average molecular weight is 320 g/mol. The summed E-state index contributed by atoms with van der Waals surface area (Å²) in [5.41, 5.74) is 2.88. The van der Waals surface area contributed by atoms with Crippen LogP contribution in [0.15, 0.2) is 58.3 Å². The lowest BCUT2D eigenvalue weighted by molar-refractivity contribution is -0.110. The van der Waals surface area contributed by atoms with Crippen molar-refractivity contribution in [3.05, 3.63) is 59.7 Å². The van der Waals surface area contributed by atoms with E-state index in [1.54, 1.807) is 18.2 Å². The van der Waals surface area contributed by atoms with Gasteiger partial charge in [0.05, 0.1) is 11.3 Å². The van der Waals surface area contributed by atoms with Crippen LogP contribution in [0, 0.1) is 0 Å². The van der Waals surface area contributed by atoms with Crippen molar-refractivity contribution >= 4 is 42.8 Å². The maximum Gasteiger partial charge on any atom is 0.256 e. The third-order valence-corrected chi connectivity index (χ3v) is 4.62. The van der Waals surface area contributed by atoms with Gasteiger partial charge < -0.3 is 10.5 Å². The molecule has 0 aromatic heterocycles. The molecule has 0 aliphatic carbocycles. The first kappa shape index (κ1) is 15.4. The van der Waals surface area contributed by atoms with Gasteiger partial charge in [-0.15, -0.1) is 0 Å².